The van der Waals surface area contributed by atoms with Crippen LogP contribution in [0.1, 0.15) is 11.7 Å². The summed E-state index contributed by atoms with van der Waals surface area (Å²) in [6, 6.07) is 6.68. The molecule has 1 atom stereocenters. The van der Waals surface area contributed by atoms with Crippen molar-refractivity contribution in [3.63, 3.8) is 0 Å². The van der Waals surface area contributed by atoms with E-state index in [-0.39, 0.29) is 0 Å². The standard InChI is InChI=1S/C11H14N2/c1-12-8-4-3-6-10(12)11-7-5-9-13(11)2/h3-9,11H,1-2H3/q+2. The minimum Gasteiger partial charge on any atom is -0.222 e. The van der Waals surface area contributed by atoms with Crippen LogP contribution in [0.25, 0.3) is 0 Å². The van der Waals surface area contributed by atoms with E-state index in [1.54, 1.807) is 0 Å². The molecule has 0 amide bonds. The van der Waals surface area contributed by atoms with Crippen molar-refractivity contribution >= 4 is 6.21 Å². The molecule has 1 aliphatic rings. The van der Waals surface area contributed by atoms with E-state index in [1.807, 2.05) is 6.07 Å². The monoisotopic (exact) mass is 174 g/mol. The quantitative estimate of drug-likeness (QED) is 0.557. The van der Waals surface area contributed by atoms with Crippen molar-refractivity contribution < 1.29 is 9.14 Å². The third-order valence-electron chi connectivity index (χ3n) is 2.45. The zero-order valence-corrected chi connectivity index (χ0v) is 8.01. The Balaban J connectivity index is 2.42. The van der Waals surface area contributed by atoms with E-state index in [9.17, 15) is 0 Å². The van der Waals surface area contributed by atoms with Crippen LogP contribution in [-0.4, -0.2) is 17.8 Å². The Kier molecular flexibility index (Phi) is 1.97. The fraction of sp³-hybridized carbons (Fsp3) is 0.273. The molecule has 0 saturated carbocycles. The summed E-state index contributed by atoms with van der Waals surface area (Å²) in [5.74, 6) is 0. The molecule has 0 N–H and O–H groups in total. The van der Waals surface area contributed by atoms with Crippen molar-refractivity contribution in [1.82, 2.24) is 0 Å². The van der Waals surface area contributed by atoms with Crippen molar-refractivity contribution in [2.24, 2.45) is 7.05 Å². The molecule has 1 unspecified atom stereocenters. The van der Waals surface area contributed by atoms with Gasteiger partial charge in [0, 0.05) is 18.2 Å². The lowest BCUT2D eigenvalue weighted by atomic mass is 10.2. The van der Waals surface area contributed by atoms with Gasteiger partial charge in [0.1, 0.15) is 14.1 Å². The number of pyridine rings is 1. The zero-order valence-electron chi connectivity index (χ0n) is 8.01. The average Bonchev–Trinajstić information content (AvgIpc) is 2.52. The molecule has 1 aromatic rings. The predicted octanol–water partition coefficient (Wildman–Crippen LogP) is 0.835. The van der Waals surface area contributed by atoms with Gasteiger partial charge in [-0.1, -0.05) is 0 Å². The minimum atomic E-state index is 0.395. The van der Waals surface area contributed by atoms with Crippen LogP contribution >= 0.6 is 0 Å². The van der Waals surface area contributed by atoms with Gasteiger partial charge in [-0.05, 0) is 12.1 Å². The van der Waals surface area contributed by atoms with Crippen molar-refractivity contribution in [2.75, 3.05) is 7.05 Å². The lowest BCUT2D eigenvalue weighted by Crippen LogP contribution is -2.35. The highest BCUT2D eigenvalue weighted by Gasteiger charge is 2.26. The topological polar surface area (TPSA) is 6.89 Å². The third-order valence-corrected chi connectivity index (χ3v) is 2.45. The molecule has 2 rings (SSSR count). The molecule has 0 spiro atoms. The second-order valence-electron chi connectivity index (χ2n) is 3.38. The van der Waals surface area contributed by atoms with Gasteiger partial charge >= 0.3 is 0 Å². The van der Waals surface area contributed by atoms with Gasteiger partial charge in [-0.25, -0.2) is 4.58 Å². The predicted molar refractivity (Wildman–Crippen MR) is 51.7 cm³/mol. The van der Waals surface area contributed by atoms with Gasteiger partial charge in [-0.15, -0.1) is 0 Å². The number of likely N-dealkylation sites (N-methyl/N-ethyl adjacent to an activating group) is 1. The Morgan fingerprint density at radius 1 is 1.23 bits per heavy atom. The van der Waals surface area contributed by atoms with Crippen molar-refractivity contribution in [1.29, 1.82) is 0 Å². The van der Waals surface area contributed by atoms with E-state index < -0.39 is 0 Å². The van der Waals surface area contributed by atoms with E-state index in [2.05, 4.69) is 59.9 Å². The molecular formula is C11H14N2+2. The minimum absolute atomic E-state index is 0.395. The molecule has 2 heterocycles. The Morgan fingerprint density at radius 2 is 2.08 bits per heavy atom. The molecule has 0 saturated heterocycles. The van der Waals surface area contributed by atoms with Crippen molar-refractivity contribution in [3.8, 4) is 0 Å². The summed E-state index contributed by atoms with van der Waals surface area (Å²) < 4.78 is 4.36. The first-order chi connectivity index (χ1) is 6.29. The molecule has 66 valence electrons. The van der Waals surface area contributed by atoms with Crippen LogP contribution in [0.3, 0.4) is 0 Å². The van der Waals surface area contributed by atoms with Gasteiger partial charge in [-0.2, -0.15) is 4.57 Å². The molecule has 0 fully saturated rings. The van der Waals surface area contributed by atoms with Gasteiger partial charge in [0.15, 0.2) is 12.4 Å². The highest BCUT2D eigenvalue weighted by molar-refractivity contribution is 5.68. The van der Waals surface area contributed by atoms with Crippen LogP contribution in [0, 0.1) is 0 Å². The maximum atomic E-state index is 2.20. The van der Waals surface area contributed by atoms with Crippen LogP contribution in [0.4, 0.5) is 0 Å². The van der Waals surface area contributed by atoms with Gasteiger partial charge in [0.25, 0.3) is 11.7 Å². The Bertz CT molecular complexity index is 377. The molecule has 2 nitrogen and oxygen atoms in total. The second-order valence-corrected chi connectivity index (χ2v) is 3.38. The maximum Gasteiger partial charge on any atom is 0.254 e. The zero-order chi connectivity index (χ0) is 9.26. The summed E-state index contributed by atoms with van der Waals surface area (Å²) in [6.45, 7) is 0. The first-order valence-electron chi connectivity index (χ1n) is 4.47. The maximum absolute atomic E-state index is 2.20. The molecule has 0 aromatic carbocycles. The number of allylic oxidation sites excluding steroid dienone is 1. The number of aromatic nitrogens is 1. The van der Waals surface area contributed by atoms with E-state index in [0.717, 1.165) is 0 Å². The second kappa shape index (κ2) is 3.13. The van der Waals surface area contributed by atoms with Gasteiger partial charge < -0.3 is 0 Å². The largest absolute Gasteiger partial charge is 0.254 e. The fourth-order valence-electron chi connectivity index (χ4n) is 1.67. The molecule has 13 heavy (non-hydrogen) atoms. The van der Waals surface area contributed by atoms with E-state index >= 15 is 0 Å². The van der Waals surface area contributed by atoms with Crippen LogP contribution in [0.2, 0.25) is 0 Å². The summed E-state index contributed by atoms with van der Waals surface area (Å²) in [4.78, 5) is 0. The Hall–Kier alpha value is -1.44. The Labute approximate surface area is 78.5 Å². The smallest absolute Gasteiger partial charge is 0.222 e. The molecule has 1 aliphatic heterocycles. The molecule has 0 radical (unpaired) electrons. The van der Waals surface area contributed by atoms with Crippen LogP contribution in [-0.2, 0) is 7.05 Å². The summed E-state index contributed by atoms with van der Waals surface area (Å²) in [7, 11) is 4.17. The van der Waals surface area contributed by atoms with Crippen molar-refractivity contribution in [2.45, 2.75) is 6.04 Å². The SMILES string of the molecule is C[N+]1=CC=CC1c1cccc[n+]1C. The first-order valence-corrected chi connectivity index (χ1v) is 4.47. The van der Waals surface area contributed by atoms with E-state index in [1.165, 1.54) is 5.69 Å². The van der Waals surface area contributed by atoms with Crippen LogP contribution in [0.5, 0.6) is 0 Å². The summed E-state index contributed by atoms with van der Waals surface area (Å²) in [5, 5.41) is 0. The Morgan fingerprint density at radius 3 is 2.69 bits per heavy atom. The highest BCUT2D eigenvalue weighted by atomic mass is 15.1. The molecule has 1 aromatic heterocycles. The molecule has 2 heteroatoms. The number of hydrogen-bond acceptors (Lipinski definition) is 0. The van der Waals surface area contributed by atoms with Crippen LogP contribution in [0.15, 0.2) is 36.5 Å². The number of rotatable bonds is 1. The normalized spacial score (nSPS) is 20.5. The summed E-state index contributed by atoms with van der Waals surface area (Å²) in [6.07, 6.45) is 8.47. The van der Waals surface area contributed by atoms with Gasteiger partial charge in [0.05, 0.1) is 0 Å². The first kappa shape index (κ1) is 8.17. The number of hydrogen-bond donors (Lipinski definition) is 0. The fourth-order valence-corrected chi connectivity index (χ4v) is 1.67. The average molecular weight is 174 g/mol. The summed E-state index contributed by atoms with van der Waals surface area (Å²) in [5.41, 5.74) is 1.31. The lowest BCUT2D eigenvalue weighted by molar-refractivity contribution is -0.697. The number of aryl methyl sites for hydroxylation is 1. The lowest BCUT2D eigenvalue weighted by Gasteiger charge is -2.02. The summed E-state index contributed by atoms with van der Waals surface area (Å²) >= 11 is 0. The van der Waals surface area contributed by atoms with Gasteiger partial charge in [0.2, 0.25) is 0 Å². The molecular weight excluding hydrogens is 160 g/mol. The number of nitrogens with zero attached hydrogens (tertiary/aromatic N) is 2. The third kappa shape index (κ3) is 1.39. The van der Waals surface area contributed by atoms with E-state index in [0.29, 0.717) is 6.04 Å². The highest BCUT2D eigenvalue weighted by Crippen LogP contribution is 2.15. The van der Waals surface area contributed by atoms with Crippen LogP contribution < -0.4 is 4.57 Å². The van der Waals surface area contributed by atoms with Crippen molar-refractivity contribution in [3.05, 3.63) is 42.2 Å². The molecule has 0 aliphatic carbocycles. The van der Waals surface area contributed by atoms with Gasteiger partial charge in [-0.3, -0.25) is 0 Å². The molecule has 0 bridgehead atoms. The van der Waals surface area contributed by atoms with E-state index in [4.69, 9.17) is 0 Å².